The molecule has 0 N–H and O–H groups in total. The second-order valence-corrected chi connectivity index (χ2v) is 12.9. The standard InChI is InChI=1S/C46H31N3O/c1-2-10-30(11-3-1)33-12-8-13-34(28-33)31-20-22-32(23-21-31)41-26-27-47-46(48-41)49-42-18-6-4-14-37(42)40-29-35(24-25-43(40)49)36-16-9-17-39-38-15-5-7-19-44(38)50-45(36)39/h1-4,6-14,16-29H,5,15H2. The molecule has 0 unspecified atom stereocenters. The van der Waals surface area contributed by atoms with Crippen molar-refractivity contribution < 1.29 is 4.42 Å². The summed E-state index contributed by atoms with van der Waals surface area (Å²) >= 11 is 0. The molecule has 0 fully saturated rings. The third-order valence-corrected chi connectivity index (χ3v) is 9.99. The van der Waals surface area contributed by atoms with Crippen LogP contribution >= 0.6 is 0 Å². The van der Waals surface area contributed by atoms with Crippen LogP contribution < -0.4 is 0 Å². The number of aromatic nitrogens is 3. The summed E-state index contributed by atoms with van der Waals surface area (Å²) in [5, 5.41) is 3.53. The Morgan fingerprint density at radius 2 is 1.24 bits per heavy atom. The monoisotopic (exact) mass is 641 g/mol. The quantitative estimate of drug-likeness (QED) is 0.188. The molecule has 6 aromatic carbocycles. The molecule has 10 rings (SSSR count). The topological polar surface area (TPSA) is 43.9 Å². The Labute approximate surface area is 289 Å². The molecule has 4 heteroatoms. The fourth-order valence-electron chi connectivity index (χ4n) is 7.54. The second-order valence-electron chi connectivity index (χ2n) is 12.9. The molecule has 0 amide bonds. The summed E-state index contributed by atoms with van der Waals surface area (Å²) < 4.78 is 8.63. The van der Waals surface area contributed by atoms with Gasteiger partial charge in [-0.15, -0.1) is 0 Å². The molecule has 1 aliphatic rings. The number of hydrogen-bond acceptors (Lipinski definition) is 3. The molecular formula is C46H31N3O. The Hall–Kier alpha value is -6.52. The number of aryl methyl sites for hydroxylation is 1. The largest absolute Gasteiger partial charge is 0.456 e. The number of fused-ring (bicyclic) bond motifs is 6. The third-order valence-electron chi connectivity index (χ3n) is 9.99. The van der Waals surface area contributed by atoms with Crippen molar-refractivity contribution in [2.45, 2.75) is 12.8 Å². The van der Waals surface area contributed by atoms with E-state index in [0.717, 1.165) is 68.4 Å². The summed E-state index contributed by atoms with van der Waals surface area (Å²) in [6.45, 7) is 0. The summed E-state index contributed by atoms with van der Waals surface area (Å²) in [5.74, 6) is 1.63. The highest BCUT2D eigenvalue weighted by Crippen LogP contribution is 2.40. The molecular weight excluding hydrogens is 611 g/mol. The fraction of sp³-hybridized carbons (Fsp3) is 0.0435. The predicted octanol–water partition coefficient (Wildman–Crippen LogP) is 11.9. The second kappa shape index (κ2) is 11.6. The van der Waals surface area contributed by atoms with Gasteiger partial charge in [0.2, 0.25) is 5.95 Å². The van der Waals surface area contributed by atoms with Crippen LogP contribution in [0.15, 0.2) is 162 Å². The van der Waals surface area contributed by atoms with Crippen LogP contribution in [-0.2, 0) is 6.42 Å². The van der Waals surface area contributed by atoms with Crippen LogP contribution in [0, 0.1) is 0 Å². The first kappa shape index (κ1) is 28.5. The molecule has 50 heavy (non-hydrogen) atoms. The number of rotatable bonds is 5. The van der Waals surface area contributed by atoms with Crippen molar-refractivity contribution in [1.82, 2.24) is 14.5 Å². The first-order chi connectivity index (χ1) is 24.8. The zero-order valence-corrected chi connectivity index (χ0v) is 27.3. The first-order valence-electron chi connectivity index (χ1n) is 17.1. The molecule has 3 heterocycles. The lowest BCUT2D eigenvalue weighted by molar-refractivity contribution is 0.596. The maximum absolute atomic E-state index is 6.45. The molecule has 0 aliphatic heterocycles. The average Bonchev–Trinajstić information content (AvgIpc) is 3.74. The van der Waals surface area contributed by atoms with E-state index in [-0.39, 0.29) is 0 Å². The minimum Gasteiger partial charge on any atom is -0.456 e. The lowest BCUT2D eigenvalue weighted by Crippen LogP contribution is -2.01. The van der Waals surface area contributed by atoms with Gasteiger partial charge in [-0.05, 0) is 77.1 Å². The highest BCUT2D eigenvalue weighted by molar-refractivity contribution is 6.11. The van der Waals surface area contributed by atoms with Crippen LogP contribution in [0.4, 0.5) is 0 Å². The van der Waals surface area contributed by atoms with Gasteiger partial charge in [0.15, 0.2) is 0 Å². The summed E-state index contributed by atoms with van der Waals surface area (Å²) in [6, 6.07) is 51.5. The van der Waals surface area contributed by atoms with E-state index in [1.165, 1.54) is 33.2 Å². The fourth-order valence-corrected chi connectivity index (χ4v) is 7.54. The zero-order valence-electron chi connectivity index (χ0n) is 27.3. The van der Waals surface area contributed by atoms with Gasteiger partial charge in [-0.2, -0.15) is 0 Å². The molecule has 0 saturated carbocycles. The van der Waals surface area contributed by atoms with Crippen molar-refractivity contribution in [3.05, 3.63) is 169 Å². The number of nitrogens with zero attached hydrogens (tertiary/aromatic N) is 3. The third kappa shape index (κ3) is 4.68. The number of allylic oxidation sites excluding steroid dienone is 1. The van der Waals surface area contributed by atoms with Gasteiger partial charge >= 0.3 is 0 Å². The van der Waals surface area contributed by atoms with Crippen molar-refractivity contribution in [3.8, 4) is 50.6 Å². The average molecular weight is 642 g/mol. The van der Waals surface area contributed by atoms with Crippen molar-refractivity contribution >= 4 is 38.9 Å². The number of para-hydroxylation sites is 2. The van der Waals surface area contributed by atoms with Gasteiger partial charge in [-0.3, -0.25) is 4.57 Å². The van der Waals surface area contributed by atoms with Gasteiger partial charge in [-0.25, -0.2) is 9.97 Å². The lowest BCUT2D eigenvalue weighted by Gasteiger charge is -2.10. The summed E-state index contributed by atoms with van der Waals surface area (Å²) in [6.07, 6.45) is 8.24. The van der Waals surface area contributed by atoms with Gasteiger partial charge in [0.05, 0.1) is 16.7 Å². The van der Waals surface area contributed by atoms with Crippen LogP contribution in [0.25, 0.3) is 89.4 Å². The smallest absolute Gasteiger partial charge is 0.235 e. The van der Waals surface area contributed by atoms with Crippen molar-refractivity contribution in [2.75, 3.05) is 0 Å². The molecule has 1 aliphatic carbocycles. The minimum atomic E-state index is 0.647. The van der Waals surface area contributed by atoms with E-state index in [2.05, 4.69) is 156 Å². The van der Waals surface area contributed by atoms with Crippen molar-refractivity contribution in [1.29, 1.82) is 0 Å². The molecule has 0 spiro atoms. The van der Waals surface area contributed by atoms with E-state index in [1.54, 1.807) is 0 Å². The number of furan rings is 1. The first-order valence-corrected chi connectivity index (χ1v) is 17.1. The molecule has 0 radical (unpaired) electrons. The van der Waals surface area contributed by atoms with Gasteiger partial charge in [0, 0.05) is 39.0 Å². The molecule has 0 atom stereocenters. The van der Waals surface area contributed by atoms with E-state index in [1.807, 2.05) is 12.3 Å². The van der Waals surface area contributed by atoms with E-state index in [4.69, 9.17) is 14.4 Å². The molecule has 4 nitrogen and oxygen atoms in total. The maximum atomic E-state index is 6.45. The predicted molar refractivity (Wildman–Crippen MR) is 205 cm³/mol. The summed E-state index contributed by atoms with van der Waals surface area (Å²) in [5.41, 5.74) is 13.3. The zero-order chi connectivity index (χ0) is 33.0. The Morgan fingerprint density at radius 3 is 2.12 bits per heavy atom. The van der Waals surface area contributed by atoms with E-state index in [9.17, 15) is 0 Å². The highest BCUT2D eigenvalue weighted by Gasteiger charge is 2.20. The lowest BCUT2D eigenvalue weighted by atomic mass is 9.97. The molecule has 0 bridgehead atoms. The molecule has 3 aromatic heterocycles. The van der Waals surface area contributed by atoms with Crippen molar-refractivity contribution in [2.24, 2.45) is 0 Å². The highest BCUT2D eigenvalue weighted by atomic mass is 16.3. The molecule has 0 saturated heterocycles. The van der Waals surface area contributed by atoms with Crippen LogP contribution in [-0.4, -0.2) is 14.5 Å². The van der Waals surface area contributed by atoms with Crippen LogP contribution in [0.5, 0.6) is 0 Å². The number of benzene rings is 6. The number of hydrogen-bond donors (Lipinski definition) is 0. The van der Waals surface area contributed by atoms with E-state index in [0.29, 0.717) is 5.95 Å². The summed E-state index contributed by atoms with van der Waals surface area (Å²) in [4.78, 5) is 9.93. The molecule has 9 aromatic rings. The van der Waals surface area contributed by atoms with Crippen LogP contribution in [0.1, 0.15) is 17.7 Å². The Kier molecular flexibility index (Phi) is 6.59. The van der Waals surface area contributed by atoms with Gasteiger partial charge in [0.25, 0.3) is 0 Å². The Balaban J connectivity index is 1.03. The minimum absolute atomic E-state index is 0.647. The Morgan fingerprint density at radius 1 is 0.540 bits per heavy atom. The maximum Gasteiger partial charge on any atom is 0.235 e. The molecule has 236 valence electrons. The normalized spacial score (nSPS) is 12.6. The van der Waals surface area contributed by atoms with Crippen LogP contribution in [0.3, 0.4) is 0 Å². The van der Waals surface area contributed by atoms with E-state index >= 15 is 0 Å². The SMILES string of the molecule is C1=Cc2oc3c(-c4ccc5c(c4)c4ccccc4n5-c4nccc(-c5ccc(-c6cccc(-c7ccccc7)c6)cc5)n4)cccc3c2CC1. The summed E-state index contributed by atoms with van der Waals surface area (Å²) in [7, 11) is 0. The van der Waals surface area contributed by atoms with Gasteiger partial charge in [-0.1, -0.05) is 121 Å². The van der Waals surface area contributed by atoms with Gasteiger partial charge < -0.3 is 4.42 Å². The van der Waals surface area contributed by atoms with Crippen LogP contribution in [0.2, 0.25) is 0 Å². The van der Waals surface area contributed by atoms with E-state index < -0.39 is 0 Å². The van der Waals surface area contributed by atoms with Gasteiger partial charge in [0.1, 0.15) is 11.3 Å². The van der Waals surface area contributed by atoms with Crippen molar-refractivity contribution in [3.63, 3.8) is 0 Å². The Bertz CT molecular complexity index is 2750.